The van der Waals surface area contributed by atoms with Crippen LogP contribution in [0.1, 0.15) is 12.8 Å². The fraction of sp³-hybridized carbons (Fsp3) is 0.500. The molecule has 2 aliphatic rings. The molecule has 1 aromatic rings. The number of hydrogen-bond donors (Lipinski definition) is 1. The van der Waals surface area contributed by atoms with E-state index in [0.29, 0.717) is 25.2 Å². The van der Waals surface area contributed by atoms with Crippen molar-refractivity contribution in [2.75, 3.05) is 18.0 Å². The van der Waals surface area contributed by atoms with E-state index in [-0.39, 0.29) is 18.4 Å². The molecule has 3 rings (SSSR count). The molecule has 1 aromatic carbocycles. The zero-order valence-electron chi connectivity index (χ0n) is 11.7. The lowest BCUT2D eigenvalue weighted by Crippen LogP contribution is -2.39. The van der Waals surface area contributed by atoms with Gasteiger partial charge in [-0.2, -0.15) is 0 Å². The van der Waals surface area contributed by atoms with Crippen LogP contribution in [0.2, 0.25) is 0 Å². The van der Waals surface area contributed by atoms with Gasteiger partial charge < -0.3 is 10.2 Å². The number of anilines is 1. The van der Waals surface area contributed by atoms with Crippen molar-refractivity contribution in [3.8, 4) is 0 Å². The number of carbonyl (C=O) groups is 1. The number of carbonyl (C=O) groups excluding carboxylic acids is 1. The Morgan fingerprint density at radius 3 is 2.82 bits per heavy atom. The number of nitrogens with zero attached hydrogens (tertiary/aromatic N) is 2. The van der Waals surface area contributed by atoms with Gasteiger partial charge in [-0.3, -0.25) is 14.9 Å². The van der Waals surface area contributed by atoms with Crippen molar-refractivity contribution >= 4 is 11.6 Å². The van der Waals surface area contributed by atoms with Crippen LogP contribution in [0.5, 0.6) is 0 Å². The predicted molar refractivity (Wildman–Crippen MR) is 74.0 cm³/mol. The van der Waals surface area contributed by atoms with Crippen LogP contribution in [0, 0.1) is 27.7 Å². The zero-order chi connectivity index (χ0) is 15.9. The molecule has 1 aliphatic heterocycles. The molecule has 1 saturated heterocycles. The average Bonchev–Trinajstić information content (AvgIpc) is 3.14. The van der Waals surface area contributed by atoms with Crippen molar-refractivity contribution in [1.29, 1.82) is 0 Å². The first-order chi connectivity index (χ1) is 10.5. The molecule has 1 N–H and O–H groups in total. The van der Waals surface area contributed by atoms with Crippen molar-refractivity contribution in [2.24, 2.45) is 5.92 Å². The van der Waals surface area contributed by atoms with Crippen LogP contribution < -0.4 is 10.2 Å². The molecule has 0 radical (unpaired) electrons. The van der Waals surface area contributed by atoms with Crippen LogP contribution in [0.3, 0.4) is 0 Å². The third-order valence-electron chi connectivity index (χ3n) is 4.15. The topological polar surface area (TPSA) is 75.5 Å². The Hall–Kier alpha value is -2.25. The molecule has 1 saturated carbocycles. The van der Waals surface area contributed by atoms with E-state index >= 15 is 0 Å². The highest BCUT2D eigenvalue weighted by molar-refractivity contribution is 5.82. The number of hydrogen-bond acceptors (Lipinski definition) is 4. The highest BCUT2D eigenvalue weighted by atomic mass is 19.1. The molecular formula is C14H15F2N3O3. The van der Waals surface area contributed by atoms with Gasteiger partial charge in [-0.05, 0) is 18.6 Å². The van der Waals surface area contributed by atoms with Crippen molar-refractivity contribution < 1.29 is 18.5 Å². The zero-order valence-corrected chi connectivity index (χ0v) is 11.7. The summed E-state index contributed by atoms with van der Waals surface area (Å²) in [5.74, 6) is -2.13. The van der Waals surface area contributed by atoms with Gasteiger partial charge in [0.1, 0.15) is 17.6 Å². The molecule has 0 bridgehead atoms. The smallest absolute Gasteiger partial charge is 0.230 e. The summed E-state index contributed by atoms with van der Waals surface area (Å²) < 4.78 is 26.6. The summed E-state index contributed by atoms with van der Waals surface area (Å²) in [6, 6.07) is 2.44. The number of rotatable bonds is 4. The summed E-state index contributed by atoms with van der Waals surface area (Å²) >= 11 is 0. The van der Waals surface area contributed by atoms with E-state index in [1.165, 1.54) is 12.1 Å². The molecule has 118 valence electrons. The summed E-state index contributed by atoms with van der Waals surface area (Å²) in [5.41, 5.74) is 0.299. The lowest BCUT2D eigenvalue weighted by Gasteiger charge is -2.19. The predicted octanol–water partition coefficient (Wildman–Crippen LogP) is 1.32. The number of amides is 1. The third-order valence-corrected chi connectivity index (χ3v) is 4.15. The standard InChI is InChI=1S/C14H15F2N3O3/c15-8-1-2-12(11(16)5-8)18-4-3-9(7-18)17-14(20)10-6-13(10)19(21)22/h1-2,5,9-10,13H,3-4,6-7H2,(H,17,20). The van der Waals surface area contributed by atoms with Crippen molar-refractivity contribution in [3.63, 3.8) is 0 Å². The molecule has 22 heavy (non-hydrogen) atoms. The second-order valence-electron chi connectivity index (χ2n) is 5.73. The highest BCUT2D eigenvalue weighted by Gasteiger charge is 2.53. The SMILES string of the molecule is O=C(NC1CCN(c2ccc(F)cc2F)C1)C1CC1[N+](=O)[O-]. The van der Waals surface area contributed by atoms with Gasteiger partial charge in [0.15, 0.2) is 0 Å². The second kappa shape index (κ2) is 5.51. The van der Waals surface area contributed by atoms with Gasteiger partial charge in [0.25, 0.3) is 0 Å². The maximum Gasteiger partial charge on any atom is 0.230 e. The summed E-state index contributed by atoms with van der Waals surface area (Å²) in [6.07, 6.45) is 0.903. The monoisotopic (exact) mass is 311 g/mol. The summed E-state index contributed by atoms with van der Waals surface area (Å²) in [6.45, 7) is 0.945. The fourth-order valence-corrected chi connectivity index (χ4v) is 2.84. The van der Waals surface area contributed by atoms with E-state index < -0.39 is 28.5 Å². The van der Waals surface area contributed by atoms with Crippen molar-refractivity contribution in [2.45, 2.75) is 24.9 Å². The third kappa shape index (κ3) is 2.86. The van der Waals surface area contributed by atoms with Crippen LogP contribution in [-0.2, 0) is 4.79 Å². The minimum absolute atomic E-state index is 0.176. The van der Waals surface area contributed by atoms with E-state index in [2.05, 4.69) is 5.32 Å². The van der Waals surface area contributed by atoms with Crippen LogP contribution in [0.15, 0.2) is 18.2 Å². The van der Waals surface area contributed by atoms with E-state index in [9.17, 15) is 23.7 Å². The highest BCUT2D eigenvalue weighted by Crippen LogP contribution is 2.33. The van der Waals surface area contributed by atoms with Gasteiger partial charge >= 0.3 is 0 Å². The Kier molecular flexibility index (Phi) is 3.67. The van der Waals surface area contributed by atoms with Gasteiger partial charge in [0, 0.05) is 36.5 Å². The molecule has 1 amide bonds. The van der Waals surface area contributed by atoms with E-state index in [4.69, 9.17) is 0 Å². The first kappa shape index (κ1) is 14.7. The van der Waals surface area contributed by atoms with Crippen LogP contribution in [0.4, 0.5) is 14.5 Å². The Morgan fingerprint density at radius 1 is 1.41 bits per heavy atom. The Labute approximate surface area is 125 Å². The molecule has 3 unspecified atom stereocenters. The van der Waals surface area contributed by atoms with E-state index in [1.54, 1.807) is 4.90 Å². The van der Waals surface area contributed by atoms with E-state index in [0.717, 1.165) is 6.07 Å². The molecule has 3 atom stereocenters. The lowest BCUT2D eigenvalue weighted by atomic mass is 10.2. The lowest BCUT2D eigenvalue weighted by molar-refractivity contribution is -0.497. The Morgan fingerprint density at radius 2 is 2.18 bits per heavy atom. The minimum atomic E-state index is -0.771. The summed E-state index contributed by atoms with van der Waals surface area (Å²) in [7, 11) is 0. The minimum Gasteiger partial charge on any atom is -0.367 e. The largest absolute Gasteiger partial charge is 0.367 e. The van der Waals surface area contributed by atoms with Crippen molar-refractivity contribution in [1.82, 2.24) is 5.32 Å². The van der Waals surface area contributed by atoms with Crippen LogP contribution in [-0.4, -0.2) is 36.0 Å². The molecule has 6 nitrogen and oxygen atoms in total. The number of nitrogens with one attached hydrogen (secondary N) is 1. The van der Waals surface area contributed by atoms with Gasteiger partial charge in [0.05, 0.1) is 5.69 Å². The van der Waals surface area contributed by atoms with Gasteiger partial charge in [0.2, 0.25) is 11.9 Å². The normalized spacial score (nSPS) is 26.8. The molecular weight excluding hydrogens is 296 g/mol. The molecule has 1 aliphatic carbocycles. The van der Waals surface area contributed by atoms with E-state index in [1.807, 2.05) is 0 Å². The molecule has 1 heterocycles. The average molecular weight is 311 g/mol. The van der Waals surface area contributed by atoms with Gasteiger partial charge in [-0.15, -0.1) is 0 Å². The van der Waals surface area contributed by atoms with Crippen molar-refractivity contribution in [3.05, 3.63) is 39.9 Å². The second-order valence-corrected chi connectivity index (χ2v) is 5.73. The first-order valence-corrected chi connectivity index (χ1v) is 7.09. The van der Waals surface area contributed by atoms with Crippen LogP contribution in [0.25, 0.3) is 0 Å². The molecule has 0 spiro atoms. The maximum atomic E-state index is 13.7. The Balaban J connectivity index is 1.56. The Bertz CT molecular complexity index is 625. The molecule has 2 fully saturated rings. The number of nitro groups is 1. The number of benzene rings is 1. The van der Waals surface area contributed by atoms with Crippen LogP contribution >= 0.6 is 0 Å². The maximum absolute atomic E-state index is 13.7. The summed E-state index contributed by atoms with van der Waals surface area (Å²) in [4.78, 5) is 23.7. The summed E-state index contributed by atoms with van der Waals surface area (Å²) in [5, 5.41) is 13.3. The first-order valence-electron chi connectivity index (χ1n) is 7.09. The number of halogens is 2. The molecule has 0 aromatic heterocycles. The molecule has 8 heteroatoms. The van der Waals surface area contributed by atoms with Gasteiger partial charge in [-0.1, -0.05) is 0 Å². The van der Waals surface area contributed by atoms with Gasteiger partial charge in [-0.25, -0.2) is 8.78 Å². The fourth-order valence-electron chi connectivity index (χ4n) is 2.84. The quantitative estimate of drug-likeness (QED) is 0.672.